The summed E-state index contributed by atoms with van der Waals surface area (Å²) in [5.41, 5.74) is 3.70. The van der Waals surface area contributed by atoms with Gasteiger partial charge in [0.15, 0.2) is 11.6 Å². The summed E-state index contributed by atoms with van der Waals surface area (Å²) in [6, 6.07) is 12.6. The molecule has 212 valence electrons. The van der Waals surface area contributed by atoms with Crippen molar-refractivity contribution in [2.45, 2.75) is 44.8 Å². The molecular formula is C31H31F2N5O3. The lowest BCUT2D eigenvalue weighted by atomic mass is 9.96. The first-order valence-corrected chi connectivity index (χ1v) is 14.0. The molecule has 0 bridgehead atoms. The lowest BCUT2D eigenvalue weighted by Crippen LogP contribution is -2.52. The van der Waals surface area contributed by atoms with Crippen LogP contribution in [0.5, 0.6) is 0 Å². The number of aromatic nitrogens is 1. The first-order chi connectivity index (χ1) is 19.9. The Morgan fingerprint density at radius 1 is 0.976 bits per heavy atom. The minimum atomic E-state index is -0.616. The Labute approximate surface area is 236 Å². The Kier molecular flexibility index (Phi) is 7.49. The zero-order valence-corrected chi connectivity index (χ0v) is 22.5. The lowest BCUT2D eigenvalue weighted by Gasteiger charge is -2.33. The summed E-state index contributed by atoms with van der Waals surface area (Å²) in [6.45, 7) is 3.23. The van der Waals surface area contributed by atoms with Gasteiger partial charge in [0.25, 0.3) is 5.91 Å². The highest BCUT2D eigenvalue weighted by molar-refractivity contribution is 6.05. The quantitative estimate of drug-likeness (QED) is 0.428. The third-order valence-electron chi connectivity index (χ3n) is 8.24. The van der Waals surface area contributed by atoms with E-state index in [1.807, 2.05) is 23.1 Å². The fourth-order valence-electron chi connectivity index (χ4n) is 6.00. The molecule has 4 heterocycles. The van der Waals surface area contributed by atoms with E-state index >= 15 is 0 Å². The van der Waals surface area contributed by atoms with Crippen molar-refractivity contribution in [3.63, 3.8) is 0 Å². The van der Waals surface area contributed by atoms with Crippen LogP contribution in [0.15, 0.2) is 54.7 Å². The minimum Gasteiger partial charge on any atom is -0.354 e. The summed E-state index contributed by atoms with van der Waals surface area (Å²) < 4.78 is 28.5. The molecule has 0 spiro atoms. The van der Waals surface area contributed by atoms with Crippen molar-refractivity contribution in [2.75, 3.05) is 24.5 Å². The Balaban J connectivity index is 0.989. The zero-order chi connectivity index (χ0) is 28.5. The molecular weight excluding hydrogens is 528 g/mol. The number of halogens is 2. The highest BCUT2D eigenvalue weighted by atomic mass is 19.1. The van der Waals surface area contributed by atoms with E-state index in [-0.39, 0.29) is 24.1 Å². The van der Waals surface area contributed by atoms with Crippen LogP contribution < -0.4 is 15.5 Å². The maximum absolute atomic E-state index is 14.9. The van der Waals surface area contributed by atoms with Crippen LogP contribution in [-0.4, -0.2) is 53.3 Å². The summed E-state index contributed by atoms with van der Waals surface area (Å²) in [5.74, 6) is -0.880. The van der Waals surface area contributed by atoms with Gasteiger partial charge in [-0.2, -0.15) is 0 Å². The van der Waals surface area contributed by atoms with Crippen LogP contribution in [0, 0.1) is 17.6 Å². The highest BCUT2D eigenvalue weighted by Crippen LogP contribution is 2.29. The van der Waals surface area contributed by atoms with E-state index in [2.05, 4.69) is 15.6 Å². The molecule has 3 amide bonds. The Morgan fingerprint density at radius 3 is 2.56 bits per heavy atom. The Hall–Kier alpha value is -4.18. The Bertz CT molecular complexity index is 1500. The number of nitrogens with zero attached hydrogens (tertiary/aromatic N) is 3. The van der Waals surface area contributed by atoms with Gasteiger partial charge in [-0.25, -0.2) is 13.8 Å². The molecule has 0 unspecified atom stereocenters. The zero-order valence-electron chi connectivity index (χ0n) is 22.5. The molecule has 6 rings (SSSR count). The number of rotatable bonds is 7. The van der Waals surface area contributed by atoms with Gasteiger partial charge < -0.3 is 15.1 Å². The van der Waals surface area contributed by atoms with Crippen LogP contribution in [0.2, 0.25) is 0 Å². The van der Waals surface area contributed by atoms with Crippen molar-refractivity contribution in [1.82, 2.24) is 20.5 Å². The number of carbonyl (C=O) groups is 3. The highest BCUT2D eigenvalue weighted by Gasteiger charge is 2.39. The fourth-order valence-corrected chi connectivity index (χ4v) is 6.00. The van der Waals surface area contributed by atoms with Crippen molar-refractivity contribution in [3.8, 4) is 11.1 Å². The SMILES string of the molecule is O=C1CC[C@H](N2Cc3cc(CNCC4CCN(c5ncc(-c6cccc(F)c6)cc5F)CC4)ccc3C2=O)C(=O)N1. The number of hydrogen-bond acceptors (Lipinski definition) is 6. The van der Waals surface area contributed by atoms with Gasteiger partial charge in [0.2, 0.25) is 11.8 Å². The minimum absolute atomic E-state index is 0.171. The van der Waals surface area contributed by atoms with Gasteiger partial charge in [-0.3, -0.25) is 19.7 Å². The Morgan fingerprint density at radius 2 is 1.80 bits per heavy atom. The van der Waals surface area contributed by atoms with Gasteiger partial charge in [-0.15, -0.1) is 0 Å². The van der Waals surface area contributed by atoms with E-state index in [0.717, 1.165) is 30.5 Å². The lowest BCUT2D eigenvalue weighted by molar-refractivity contribution is -0.136. The molecule has 2 aromatic carbocycles. The summed E-state index contributed by atoms with van der Waals surface area (Å²) in [7, 11) is 0. The smallest absolute Gasteiger partial charge is 0.255 e. The van der Waals surface area contributed by atoms with Gasteiger partial charge in [0.05, 0.1) is 0 Å². The third kappa shape index (κ3) is 5.69. The van der Waals surface area contributed by atoms with Gasteiger partial charge in [-0.1, -0.05) is 24.3 Å². The number of piperidine rings is 2. The molecule has 8 nitrogen and oxygen atoms in total. The predicted molar refractivity (Wildman–Crippen MR) is 149 cm³/mol. The fraction of sp³-hybridized carbons (Fsp3) is 0.355. The number of fused-ring (bicyclic) bond motifs is 1. The van der Waals surface area contributed by atoms with E-state index in [0.29, 0.717) is 61.0 Å². The van der Waals surface area contributed by atoms with E-state index in [1.165, 1.54) is 18.2 Å². The summed E-state index contributed by atoms with van der Waals surface area (Å²) >= 11 is 0. The number of nitrogens with one attached hydrogen (secondary N) is 2. The molecule has 41 heavy (non-hydrogen) atoms. The van der Waals surface area contributed by atoms with Crippen molar-refractivity contribution in [2.24, 2.45) is 5.92 Å². The number of hydrogen-bond donors (Lipinski definition) is 2. The van der Waals surface area contributed by atoms with E-state index < -0.39 is 17.8 Å². The second-order valence-corrected chi connectivity index (χ2v) is 11.0. The van der Waals surface area contributed by atoms with Gasteiger partial charge in [-0.05, 0) is 72.7 Å². The maximum atomic E-state index is 14.9. The molecule has 0 radical (unpaired) electrons. The molecule has 10 heteroatoms. The molecule has 2 saturated heterocycles. The van der Waals surface area contributed by atoms with Crippen LogP contribution in [-0.2, 0) is 22.7 Å². The maximum Gasteiger partial charge on any atom is 0.255 e. The van der Waals surface area contributed by atoms with Crippen molar-refractivity contribution >= 4 is 23.5 Å². The molecule has 3 aliphatic rings. The third-order valence-corrected chi connectivity index (χ3v) is 8.24. The topological polar surface area (TPSA) is 94.6 Å². The van der Waals surface area contributed by atoms with E-state index in [4.69, 9.17) is 0 Å². The first kappa shape index (κ1) is 27.0. The number of imide groups is 1. The number of benzene rings is 2. The molecule has 2 fully saturated rings. The van der Waals surface area contributed by atoms with Crippen molar-refractivity contribution in [1.29, 1.82) is 0 Å². The van der Waals surface area contributed by atoms with Gasteiger partial charge in [0, 0.05) is 49.9 Å². The van der Waals surface area contributed by atoms with Gasteiger partial charge >= 0.3 is 0 Å². The first-order valence-electron chi connectivity index (χ1n) is 14.0. The molecule has 1 aromatic heterocycles. The average Bonchev–Trinajstić information content (AvgIpc) is 3.28. The summed E-state index contributed by atoms with van der Waals surface area (Å²) in [6.07, 6.45) is 3.98. The summed E-state index contributed by atoms with van der Waals surface area (Å²) in [5, 5.41) is 5.85. The molecule has 1 atom stereocenters. The van der Waals surface area contributed by atoms with Crippen LogP contribution in [0.1, 0.15) is 47.2 Å². The molecule has 0 aliphatic carbocycles. The number of pyridine rings is 1. The monoisotopic (exact) mass is 559 g/mol. The van der Waals surface area contributed by atoms with Gasteiger partial charge in [0.1, 0.15) is 11.9 Å². The van der Waals surface area contributed by atoms with E-state index in [1.54, 1.807) is 23.2 Å². The normalized spacial score (nSPS) is 19.5. The molecule has 3 aromatic rings. The molecule has 2 N–H and O–H groups in total. The molecule has 0 saturated carbocycles. The van der Waals surface area contributed by atoms with Crippen molar-refractivity contribution < 1.29 is 23.2 Å². The van der Waals surface area contributed by atoms with Crippen LogP contribution in [0.3, 0.4) is 0 Å². The summed E-state index contributed by atoms with van der Waals surface area (Å²) in [4.78, 5) is 44.5. The number of anilines is 1. The predicted octanol–water partition coefficient (Wildman–Crippen LogP) is 3.79. The number of amides is 3. The second-order valence-electron chi connectivity index (χ2n) is 11.0. The largest absolute Gasteiger partial charge is 0.354 e. The number of carbonyl (C=O) groups excluding carboxylic acids is 3. The average molecular weight is 560 g/mol. The standard InChI is InChI=1S/C31H31F2N5O3/c32-24-3-1-2-21(13-24)22-14-26(33)29(35-17-22)37-10-8-19(9-11-37)15-34-16-20-4-5-25-23(12-20)18-38(31(25)41)27-6-7-28(39)36-30(27)40/h1-5,12-14,17,19,27,34H,6-11,15-16,18H2,(H,36,39,40)/t27-/m0/s1. The van der Waals surface area contributed by atoms with Crippen LogP contribution >= 0.6 is 0 Å². The van der Waals surface area contributed by atoms with E-state index in [9.17, 15) is 23.2 Å². The van der Waals surface area contributed by atoms with Crippen LogP contribution in [0.4, 0.5) is 14.6 Å². The van der Waals surface area contributed by atoms with Crippen molar-refractivity contribution in [3.05, 3.63) is 83.1 Å². The van der Waals surface area contributed by atoms with Crippen LogP contribution in [0.25, 0.3) is 11.1 Å². The second kappa shape index (κ2) is 11.4. The molecule has 3 aliphatic heterocycles.